The van der Waals surface area contributed by atoms with Gasteiger partial charge >= 0.3 is 11.9 Å². The molecule has 3 aromatic rings. The number of Topliss-reactive ketones (excluding diaryl/α,β-unsaturated/α-hetero) is 1. The van der Waals surface area contributed by atoms with E-state index in [2.05, 4.69) is 5.32 Å². The third kappa shape index (κ3) is 13.4. The highest BCUT2D eigenvalue weighted by Crippen LogP contribution is 2.21. The van der Waals surface area contributed by atoms with Gasteiger partial charge in [0.2, 0.25) is 5.91 Å². The van der Waals surface area contributed by atoms with Gasteiger partial charge in [0.25, 0.3) is 0 Å². The van der Waals surface area contributed by atoms with Crippen LogP contribution in [0.2, 0.25) is 0 Å². The van der Waals surface area contributed by atoms with Crippen LogP contribution in [0.25, 0.3) is 0 Å². The van der Waals surface area contributed by atoms with Crippen molar-refractivity contribution < 1.29 is 28.7 Å². The molecule has 3 atom stereocenters. The lowest BCUT2D eigenvalue weighted by Gasteiger charge is -2.26. The Morgan fingerprint density at radius 2 is 1.26 bits per heavy atom. The van der Waals surface area contributed by atoms with E-state index in [1.807, 2.05) is 105 Å². The van der Waals surface area contributed by atoms with E-state index in [4.69, 9.17) is 9.47 Å². The van der Waals surface area contributed by atoms with Gasteiger partial charge in [0.15, 0.2) is 5.78 Å². The minimum Gasteiger partial charge on any atom is -0.461 e. The van der Waals surface area contributed by atoms with E-state index in [1.54, 1.807) is 20.8 Å². The normalized spacial score (nSPS) is 13.3. The van der Waals surface area contributed by atoms with Gasteiger partial charge in [0.1, 0.15) is 12.2 Å². The van der Waals surface area contributed by atoms with Crippen LogP contribution in [-0.4, -0.2) is 35.3 Å². The van der Waals surface area contributed by atoms with Gasteiger partial charge in [-0.3, -0.25) is 19.2 Å². The van der Waals surface area contributed by atoms with Crippen LogP contribution in [0.5, 0.6) is 0 Å². The molecular formula is C39H49NO6. The molecular weight excluding hydrogens is 578 g/mol. The second-order valence-electron chi connectivity index (χ2n) is 13.4. The van der Waals surface area contributed by atoms with Crippen molar-refractivity contribution in [2.24, 2.45) is 17.8 Å². The van der Waals surface area contributed by atoms with Crippen molar-refractivity contribution in [2.75, 3.05) is 0 Å². The number of amides is 1. The summed E-state index contributed by atoms with van der Waals surface area (Å²) in [6, 6.07) is 27.9. The van der Waals surface area contributed by atoms with E-state index in [0.717, 1.165) is 16.7 Å². The van der Waals surface area contributed by atoms with Crippen LogP contribution >= 0.6 is 0 Å². The molecule has 7 heteroatoms. The fourth-order valence-corrected chi connectivity index (χ4v) is 5.30. The zero-order valence-electron chi connectivity index (χ0n) is 27.9. The first kappa shape index (κ1) is 36.2. The molecule has 0 aliphatic rings. The van der Waals surface area contributed by atoms with Crippen LogP contribution in [-0.2, 0) is 48.1 Å². The van der Waals surface area contributed by atoms with E-state index >= 15 is 0 Å². The zero-order chi connectivity index (χ0) is 33.5. The Bertz CT molecular complexity index is 1380. The third-order valence-electron chi connectivity index (χ3n) is 7.57. The molecule has 7 nitrogen and oxygen atoms in total. The Kier molecular flexibility index (Phi) is 14.2. The number of carbonyl (C=O) groups is 4. The van der Waals surface area contributed by atoms with Crippen LogP contribution in [0.3, 0.4) is 0 Å². The highest BCUT2D eigenvalue weighted by molar-refractivity contribution is 5.93. The van der Waals surface area contributed by atoms with E-state index in [9.17, 15) is 19.2 Å². The molecule has 0 fully saturated rings. The highest BCUT2D eigenvalue weighted by Gasteiger charge is 2.32. The molecule has 3 rings (SSSR count). The van der Waals surface area contributed by atoms with Crippen molar-refractivity contribution in [3.05, 3.63) is 108 Å². The minimum atomic E-state index is -0.814. The van der Waals surface area contributed by atoms with Gasteiger partial charge in [0.05, 0.1) is 18.4 Å². The van der Waals surface area contributed by atoms with Gasteiger partial charge in [-0.2, -0.15) is 0 Å². The molecule has 0 saturated heterocycles. The number of ketones is 1. The van der Waals surface area contributed by atoms with E-state index in [-0.39, 0.29) is 37.1 Å². The van der Waals surface area contributed by atoms with Gasteiger partial charge in [0, 0.05) is 12.3 Å². The number of rotatable bonds is 17. The summed E-state index contributed by atoms with van der Waals surface area (Å²) in [4.78, 5) is 53.9. The van der Waals surface area contributed by atoms with E-state index < -0.39 is 35.4 Å². The summed E-state index contributed by atoms with van der Waals surface area (Å²) >= 11 is 0. The quantitative estimate of drug-likeness (QED) is 0.161. The summed E-state index contributed by atoms with van der Waals surface area (Å²) in [5, 5.41) is 2.97. The molecule has 0 unspecified atom stereocenters. The van der Waals surface area contributed by atoms with Gasteiger partial charge in [-0.05, 0) is 69.1 Å². The number of esters is 2. The number of carbonyl (C=O) groups excluding carboxylic acids is 4. The predicted octanol–water partition coefficient (Wildman–Crippen LogP) is 7.06. The molecule has 0 aliphatic carbocycles. The average Bonchev–Trinajstić information content (AvgIpc) is 3.01. The first-order valence-corrected chi connectivity index (χ1v) is 16.2. The topological polar surface area (TPSA) is 98.8 Å². The monoisotopic (exact) mass is 627 g/mol. The Balaban J connectivity index is 1.77. The molecule has 0 spiro atoms. The Morgan fingerprint density at radius 1 is 0.717 bits per heavy atom. The number of ether oxygens (including phenoxy) is 2. The van der Waals surface area contributed by atoms with Gasteiger partial charge in [-0.1, -0.05) is 105 Å². The Hall–Kier alpha value is -4.26. The first-order valence-electron chi connectivity index (χ1n) is 16.2. The lowest BCUT2D eigenvalue weighted by Crippen LogP contribution is -2.46. The lowest BCUT2D eigenvalue weighted by atomic mass is 9.89. The largest absolute Gasteiger partial charge is 0.461 e. The molecule has 3 aromatic carbocycles. The summed E-state index contributed by atoms with van der Waals surface area (Å²) in [6.07, 6.45) is 1.57. The van der Waals surface area contributed by atoms with Crippen LogP contribution in [0.1, 0.15) is 77.0 Å². The summed E-state index contributed by atoms with van der Waals surface area (Å²) in [6.45, 7) is 9.44. The molecule has 0 heterocycles. The molecule has 1 N–H and O–H groups in total. The molecule has 0 saturated carbocycles. The van der Waals surface area contributed by atoms with Crippen molar-refractivity contribution in [3.8, 4) is 0 Å². The second kappa shape index (κ2) is 18.0. The maximum absolute atomic E-state index is 13.9. The predicted molar refractivity (Wildman–Crippen MR) is 180 cm³/mol. The average molecular weight is 628 g/mol. The number of benzene rings is 3. The van der Waals surface area contributed by atoms with Gasteiger partial charge < -0.3 is 14.8 Å². The van der Waals surface area contributed by atoms with Crippen LogP contribution in [0.4, 0.5) is 0 Å². The zero-order valence-corrected chi connectivity index (χ0v) is 27.9. The van der Waals surface area contributed by atoms with Gasteiger partial charge in [-0.15, -0.1) is 0 Å². The van der Waals surface area contributed by atoms with Crippen molar-refractivity contribution in [1.82, 2.24) is 5.32 Å². The van der Waals surface area contributed by atoms with Crippen molar-refractivity contribution in [3.63, 3.8) is 0 Å². The Labute approximate surface area is 274 Å². The highest BCUT2D eigenvalue weighted by atomic mass is 16.6. The summed E-state index contributed by atoms with van der Waals surface area (Å²) in [5.41, 5.74) is 2.14. The molecule has 0 bridgehead atoms. The smallest absolute Gasteiger partial charge is 0.310 e. The van der Waals surface area contributed by atoms with Crippen molar-refractivity contribution in [1.29, 1.82) is 0 Å². The fraction of sp³-hybridized carbons (Fsp3) is 0.436. The molecule has 1 amide bonds. The fourth-order valence-electron chi connectivity index (χ4n) is 5.30. The third-order valence-corrected chi connectivity index (χ3v) is 7.57. The second-order valence-corrected chi connectivity index (χ2v) is 13.4. The van der Waals surface area contributed by atoms with Crippen LogP contribution in [0, 0.1) is 17.8 Å². The van der Waals surface area contributed by atoms with Crippen molar-refractivity contribution >= 4 is 23.6 Å². The molecule has 0 aliphatic heterocycles. The number of nitrogens with one attached hydrogen (secondary N) is 1. The van der Waals surface area contributed by atoms with Crippen molar-refractivity contribution in [2.45, 2.75) is 91.4 Å². The number of hydrogen-bond donors (Lipinski definition) is 1. The maximum Gasteiger partial charge on any atom is 0.310 e. The molecule has 246 valence electrons. The maximum atomic E-state index is 13.9. The SMILES string of the molecule is CC(C)C[C@@H](NC(=O)[C@H](CCc1ccccc1)CC(=O)OC(C)(C)C)C(=O)C[C@@H](Cc1ccccc1)C(=O)OCc1ccccc1. The van der Waals surface area contributed by atoms with E-state index in [0.29, 0.717) is 25.7 Å². The van der Waals surface area contributed by atoms with Crippen LogP contribution in [0.15, 0.2) is 91.0 Å². The summed E-state index contributed by atoms with van der Waals surface area (Å²) in [7, 11) is 0. The standard InChI is InChI=1S/C39H49NO6/c1-28(2)23-34(40-37(43)32(26-36(42)46-39(3,4)5)22-21-29-15-9-6-10-16-29)35(41)25-33(24-30-17-11-7-12-18-30)38(44)45-27-31-19-13-8-14-20-31/h6-20,28,32-34H,21-27H2,1-5H3,(H,40,43)/t32-,33-,34-/m1/s1. The first-order chi connectivity index (χ1) is 21.9. The lowest BCUT2D eigenvalue weighted by molar-refractivity contribution is -0.157. The molecule has 0 aromatic heterocycles. The number of hydrogen-bond acceptors (Lipinski definition) is 6. The summed E-state index contributed by atoms with van der Waals surface area (Å²) < 4.78 is 11.2. The molecule has 46 heavy (non-hydrogen) atoms. The number of aryl methyl sites for hydroxylation is 1. The van der Waals surface area contributed by atoms with Crippen LogP contribution < -0.4 is 5.32 Å². The summed E-state index contributed by atoms with van der Waals surface area (Å²) in [5.74, 6) is -2.83. The van der Waals surface area contributed by atoms with E-state index in [1.165, 1.54) is 0 Å². The minimum absolute atomic E-state index is 0.0824. The Morgan fingerprint density at radius 3 is 1.80 bits per heavy atom. The molecule has 0 radical (unpaired) electrons. The van der Waals surface area contributed by atoms with Gasteiger partial charge in [-0.25, -0.2) is 0 Å².